The Morgan fingerprint density at radius 1 is 0.875 bits per heavy atom. The fraction of sp³-hybridized carbons (Fsp3) is 0.154. The van der Waals surface area contributed by atoms with Crippen molar-refractivity contribution in [2.24, 2.45) is 0 Å². The van der Waals surface area contributed by atoms with Gasteiger partial charge in [-0.05, 0) is 47.5 Å². The van der Waals surface area contributed by atoms with Crippen molar-refractivity contribution in [3.63, 3.8) is 0 Å². The van der Waals surface area contributed by atoms with E-state index in [9.17, 15) is 9.59 Å². The standard InChI is InChI=1S/C26H24N2O4/c1-28(16-18-10-13-24-21(15-18)20-6-4-5-7-23(20)27-24)19-11-8-17(9-12-19)14-22(25(29)31-2)26(30)32-3/h4-15,27H,16H2,1-3H3. The Morgan fingerprint density at radius 2 is 1.53 bits per heavy atom. The Morgan fingerprint density at radius 3 is 2.22 bits per heavy atom. The molecule has 1 aromatic heterocycles. The van der Waals surface area contributed by atoms with E-state index in [1.807, 2.05) is 37.4 Å². The molecule has 0 unspecified atom stereocenters. The number of nitrogens with zero attached hydrogens (tertiary/aromatic N) is 1. The number of aromatic nitrogens is 1. The van der Waals surface area contributed by atoms with Crippen LogP contribution < -0.4 is 4.90 Å². The number of carbonyl (C=O) groups is 2. The molecule has 0 atom stereocenters. The van der Waals surface area contributed by atoms with Gasteiger partial charge >= 0.3 is 11.9 Å². The molecule has 6 heteroatoms. The van der Waals surface area contributed by atoms with Gasteiger partial charge in [0.25, 0.3) is 0 Å². The molecular formula is C26H24N2O4. The number of esters is 2. The summed E-state index contributed by atoms with van der Waals surface area (Å²) in [6, 6.07) is 22.4. The third-order valence-corrected chi connectivity index (χ3v) is 5.45. The van der Waals surface area contributed by atoms with E-state index < -0.39 is 11.9 Å². The Hall–Kier alpha value is -4.06. The number of ether oxygens (including phenoxy) is 2. The lowest BCUT2D eigenvalue weighted by atomic mass is 10.1. The maximum atomic E-state index is 11.8. The summed E-state index contributed by atoms with van der Waals surface area (Å²) in [6.07, 6.45) is 1.46. The molecule has 0 saturated carbocycles. The van der Waals surface area contributed by atoms with Crippen molar-refractivity contribution in [3.05, 3.63) is 83.4 Å². The zero-order chi connectivity index (χ0) is 22.7. The molecule has 0 spiro atoms. The second-order valence-corrected chi connectivity index (χ2v) is 7.54. The molecule has 0 fully saturated rings. The molecule has 1 N–H and O–H groups in total. The molecule has 162 valence electrons. The number of anilines is 1. The van der Waals surface area contributed by atoms with Crippen molar-refractivity contribution in [1.29, 1.82) is 0 Å². The zero-order valence-electron chi connectivity index (χ0n) is 18.2. The van der Waals surface area contributed by atoms with Crippen LogP contribution in [-0.2, 0) is 25.6 Å². The summed E-state index contributed by atoms with van der Waals surface area (Å²) >= 11 is 0. The summed E-state index contributed by atoms with van der Waals surface area (Å²) < 4.78 is 9.34. The molecule has 0 saturated heterocycles. The van der Waals surface area contributed by atoms with E-state index in [1.54, 1.807) is 0 Å². The van der Waals surface area contributed by atoms with E-state index in [0.29, 0.717) is 5.56 Å². The molecule has 3 aromatic carbocycles. The van der Waals surface area contributed by atoms with Crippen molar-refractivity contribution in [3.8, 4) is 0 Å². The third kappa shape index (κ3) is 4.21. The molecule has 4 aromatic rings. The number of carbonyl (C=O) groups excluding carboxylic acids is 2. The van der Waals surface area contributed by atoms with E-state index in [-0.39, 0.29) is 5.57 Å². The van der Waals surface area contributed by atoms with Gasteiger partial charge in [-0.2, -0.15) is 0 Å². The average molecular weight is 428 g/mol. The maximum Gasteiger partial charge on any atom is 0.345 e. The number of fused-ring (bicyclic) bond motifs is 3. The number of aromatic amines is 1. The number of hydrogen-bond donors (Lipinski definition) is 1. The highest BCUT2D eigenvalue weighted by atomic mass is 16.5. The average Bonchev–Trinajstić information content (AvgIpc) is 3.20. The van der Waals surface area contributed by atoms with Crippen LogP contribution in [0.15, 0.2) is 72.3 Å². The van der Waals surface area contributed by atoms with E-state index in [1.165, 1.54) is 36.6 Å². The van der Waals surface area contributed by atoms with Gasteiger partial charge in [0.15, 0.2) is 0 Å². The summed E-state index contributed by atoms with van der Waals surface area (Å²) in [5.74, 6) is -1.46. The van der Waals surface area contributed by atoms with Crippen LogP contribution in [0.1, 0.15) is 11.1 Å². The second-order valence-electron chi connectivity index (χ2n) is 7.54. The molecule has 0 radical (unpaired) electrons. The molecule has 4 rings (SSSR count). The van der Waals surface area contributed by atoms with E-state index in [0.717, 1.165) is 23.3 Å². The van der Waals surface area contributed by atoms with Gasteiger partial charge in [0.2, 0.25) is 0 Å². The van der Waals surface area contributed by atoms with Crippen LogP contribution >= 0.6 is 0 Å². The lowest BCUT2D eigenvalue weighted by Crippen LogP contribution is -2.16. The Bertz CT molecular complexity index is 1300. The van der Waals surface area contributed by atoms with Crippen molar-refractivity contribution in [1.82, 2.24) is 4.98 Å². The summed E-state index contributed by atoms with van der Waals surface area (Å²) in [7, 11) is 4.48. The minimum absolute atomic E-state index is 0.150. The highest BCUT2D eigenvalue weighted by Gasteiger charge is 2.19. The van der Waals surface area contributed by atoms with Crippen LogP contribution in [0.25, 0.3) is 27.9 Å². The summed E-state index contributed by atoms with van der Waals surface area (Å²) in [5.41, 5.74) is 5.03. The highest BCUT2D eigenvalue weighted by Crippen LogP contribution is 2.27. The predicted molar refractivity (Wildman–Crippen MR) is 126 cm³/mol. The molecule has 0 aliphatic heterocycles. The molecule has 6 nitrogen and oxygen atoms in total. The van der Waals surface area contributed by atoms with Gasteiger partial charge in [0, 0.05) is 41.1 Å². The highest BCUT2D eigenvalue weighted by molar-refractivity contribution is 6.17. The van der Waals surface area contributed by atoms with Crippen molar-refractivity contribution >= 4 is 45.5 Å². The van der Waals surface area contributed by atoms with Crippen LogP contribution in [0.3, 0.4) is 0 Å². The van der Waals surface area contributed by atoms with Crippen LogP contribution in [-0.4, -0.2) is 38.2 Å². The predicted octanol–water partition coefficient (Wildman–Crippen LogP) is 4.69. The van der Waals surface area contributed by atoms with Gasteiger partial charge in [-0.1, -0.05) is 36.4 Å². The largest absolute Gasteiger partial charge is 0.465 e. The SMILES string of the molecule is COC(=O)C(=Cc1ccc(N(C)Cc2ccc3[nH]c4ccccc4c3c2)cc1)C(=O)OC. The molecule has 0 bridgehead atoms. The lowest BCUT2D eigenvalue weighted by Gasteiger charge is -2.19. The number of benzene rings is 3. The minimum atomic E-state index is -0.731. The number of para-hydroxylation sites is 1. The van der Waals surface area contributed by atoms with Gasteiger partial charge in [-0.15, -0.1) is 0 Å². The Kier molecular flexibility index (Phi) is 5.94. The van der Waals surface area contributed by atoms with E-state index in [4.69, 9.17) is 0 Å². The number of hydrogen-bond acceptors (Lipinski definition) is 5. The number of nitrogens with one attached hydrogen (secondary N) is 1. The van der Waals surface area contributed by atoms with Crippen molar-refractivity contribution in [2.75, 3.05) is 26.2 Å². The first-order valence-electron chi connectivity index (χ1n) is 10.2. The summed E-state index contributed by atoms with van der Waals surface area (Å²) in [5, 5.41) is 2.43. The zero-order valence-corrected chi connectivity index (χ0v) is 18.2. The topological polar surface area (TPSA) is 71.6 Å². The van der Waals surface area contributed by atoms with Gasteiger partial charge in [-0.3, -0.25) is 0 Å². The fourth-order valence-electron chi connectivity index (χ4n) is 3.77. The van der Waals surface area contributed by atoms with Crippen LogP contribution in [0.5, 0.6) is 0 Å². The molecular weight excluding hydrogens is 404 g/mol. The Balaban J connectivity index is 1.54. The first-order valence-corrected chi connectivity index (χ1v) is 10.2. The lowest BCUT2D eigenvalue weighted by molar-refractivity contribution is -0.143. The Labute approximate surface area is 186 Å². The van der Waals surface area contributed by atoms with Crippen molar-refractivity contribution in [2.45, 2.75) is 6.54 Å². The maximum absolute atomic E-state index is 11.8. The molecule has 32 heavy (non-hydrogen) atoms. The van der Waals surface area contributed by atoms with Crippen LogP contribution in [0, 0.1) is 0 Å². The fourth-order valence-corrected chi connectivity index (χ4v) is 3.77. The van der Waals surface area contributed by atoms with Gasteiger partial charge in [0.1, 0.15) is 5.57 Å². The quantitative estimate of drug-likeness (QED) is 0.209. The third-order valence-electron chi connectivity index (χ3n) is 5.45. The smallest absolute Gasteiger partial charge is 0.345 e. The normalized spacial score (nSPS) is 10.7. The number of rotatable bonds is 6. The van der Waals surface area contributed by atoms with Crippen LogP contribution in [0.2, 0.25) is 0 Å². The molecule has 0 aliphatic rings. The molecule has 1 heterocycles. The van der Waals surface area contributed by atoms with E-state index in [2.05, 4.69) is 55.8 Å². The van der Waals surface area contributed by atoms with Gasteiger partial charge in [-0.25, -0.2) is 9.59 Å². The van der Waals surface area contributed by atoms with Crippen LogP contribution in [0.4, 0.5) is 5.69 Å². The monoisotopic (exact) mass is 428 g/mol. The molecule has 0 amide bonds. The van der Waals surface area contributed by atoms with Gasteiger partial charge < -0.3 is 19.4 Å². The first-order chi connectivity index (χ1) is 15.5. The van der Waals surface area contributed by atoms with Gasteiger partial charge in [0.05, 0.1) is 14.2 Å². The number of methoxy groups -OCH3 is 2. The van der Waals surface area contributed by atoms with Crippen molar-refractivity contribution < 1.29 is 19.1 Å². The summed E-state index contributed by atoms with van der Waals surface area (Å²) in [4.78, 5) is 29.3. The second kappa shape index (κ2) is 8.98. The van der Waals surface area contributed by atoms with E-state index >= 15 is 0 Å². The summed E-state index contributed by atoms with van der Waals surface area (Å²) in [6.45, 7) is 0.736. The number of H-pyrrole nitrogens is 1. The minimum Gasteiger partial charge on any atom is -0.465 e. The first kappa shape index (κ1) is 21.2. The molecule has 0 aliphatic carbocycles.